The summed E-state index contributed by atoms with van der Waals surface area (Å²) in [6, 6.07) is 64.1. The molecule has 0 spiro atoms. The third-order valence-electron chi connectivity index (χ3n) is 9.47. The summed E-state index contributed by atoms with van der Waals surface area (Å²) in [6.07, 6.45) is 0. The molecule has 0 fully saturated rings. The second-order valence-corrected chi connectivity index (χ2v) is 16.9. The molecular formula is C44H35NSi. The summed E-state index contributed by atoms with van der Waals surface area (Å²) in [4.78, 5) is 2.38. The van der Waals surface area contributed by atoms with Crippen LogP contribution in [0, 0.1) is 0 Å². The Morgan fingerprint density at radius 2 is 0.804 bits per heavy atom. The van der Waals surface area contributed by atoms with Crippen molar-refractivity contribution >= 4 is 35.5 Å². The molecule has 220 valence electrons. The van der Waals surface area contributed by atoms with Gasteiger partial charge in [-0.15, -0.1) is 0 Å². The molecule has 0 radical (unpaired) electrons. The van der Waals surface area contributed by atoms with Crippen LogP contribution in [0.5, 0.6) is 0 Å². The van der Waals surface area contributed by atoms with E-state index in [1.807, 2.05) is 0 Å². The Morgan fingerprint density at radius 3 is 1.52 bits per heavy atom. The molecule has 1 nitrogen and oxygen atoms in total. The van der Waals surface area contributed by atoms with E-state index in [0.717, 1.165) is 17.1 Å². The zero-order chi connectivity index (χ0) is 31.1. The van der Waals surface area contributed by atoms with Gasteiger partial charge in [-0.2, -0.15) is 0 Å². The maximum Gasteiger partial charge on any atom is 0.113 e. The molecule has 0 saturated carbocycles. The number of rotatable bonds is 6. The molecule has 7 aromatic rings. The number of nitrogens with zero attached hydrogens (tertiary/aromatic N) is 1. The zero-order valence-corrected chi connectivity index (χ0v) is 27.2. The van der Waals surface area contributed by atoms with Crippen molar-refractivity contribution in [2.24, 2.45) is 0 Å². The lowest BCUT2D eigenvalue weighted by Gasteiger charge is -2.26. The maximum absolute atomic E-state index is 2.48. The minimum atomic E-state index is -1.76. The number of benzene rings is 7. The van der Waals surface area contributed by atoms with Crippen LogP contribution in [-0.2, 0) is 0 Å². The highest BCUT2D eigenvalue weighted by Gasteiger charge is 2.38. The molecule has 1 aliphatic rings. The van der Waals surface area contributed by atoms with Crippen LogP contribution in [0.3, 0.4) is 0 Å². The van der Waals surface area contributed by atoms with Crippen LogP contribution in [0.2, 0.25) is 13.1 Å². The van der Waals surface area contributed by atoms with E-state index >= 15 is 0 Å². The molecule has 0 aliphatic carbocycles. The van der Waals surface area contributed by atoms with Crippen molar-refractivity contribution in [1.29, 1.82) is 0 Å². The molecule has 46 heavy (non-hydrogen) atoms. The first-order valence-electron chi connectivity index (χ1n) is 16.0. The van der Waals surface area contributed by atoms with Gasteiger partial charge in [0.15, 0.2) is 0 Å². The van der Waals surface area contributed by atoms with Gasteiger partial charge in [0.25, 0.3) is 0 Å². The molecule has 0 N–H and O–H groups in total. The van der Waals surface area contributed by atoms with Crippen LogP contribution in [0.4, 0.5) is 17.1 Å². The van der Waals surface area contributed by atoms with Crippen molar-refractivity contribution in [2.45, 2.75) is 13.1 Å². The summed E-state index contributed by atoms with van der Waals surface area (Å²) in [5.74, 6) is 0. The largest absolute Gasteiger partial charge is 0.310 e. The van der Waals surface area contributed by atoms with Crippen molar-refractivity contribution in [2.75, 3.05) is 4.90 Å². The number of hydrogen-bond donors (Lipinski definition) is 0. The lowest BCUT2D eigenvalue weighted by atomic mass is 9.94. The smallest absolute Gasteiger partial charge is 0.113 e. The number of hydrogen-bond acceptors (Lipinski definition) is 1. The minimum Gasteiger partial charge on any atom is -0.310 e. The molecule has 0 unspecified atom stereocenters. The summed E-state index contributed by atoms with van der Waals surface area (Å²) in [7, 11) is -1.76. The van der Waals surface area contributed by atoms with E-state index in [1.54, 1.807) is 0 Å². The van der Waals surface area contributed by atoms with Crippen molar-refractivity contribution in [1.82, 2.24) is 0 Å². The van der Waals surface area contributed by atoms with Crippen LogP contribution in [-0.4, -0.2) is 8.07 Å². The van der Waals surface area contributed by atoms with Gasteiger partial charge in [-0.3, -0.25) is 0 Å². The standard InChI is InChI=1S/C44H35NSi/c1-46(2)42-24-10-9-22-41(42)44-40(23-13-25-43(44)46)36-17-12-21-39(31-36)45(37-18-7-4-8-19-37)38-20-11-16-35(30-38)34-28-26-33(27-29-34)32-14-5-3-6-15-32/h3-31H,1-2H3. The Balaban J connectivity index is 1.22. The zero-order valence-electron chi connectivity index (χ0n) is 26.2. The van der Waals surface area contributed by atoms with Gasteiger partial charge in [0.05, 0.1) is 0 Å². The van der Waals surface area contributed by atoms with Crippen molar-refractivity contribution in [3.8, 4) is 44.5 Å². The van der Waals surface area contributed by atoms with Crippen molar-refractivity contribution in [3.05, 3.63) is 176 Å². The van der Waals surface area contributed by atoms with E-state index in [0.29, 0.717) is 0 Å². The monoisotopic (exact) mass is 605 g/mol. The fourth-order valence-electron chi connectivity index (χ4n) is 7.14. The van der Waals surface area contributed by atoms with Crippen LogP contribution in [0.25, 0.3) is 44.5 Å². The molecule has 7 aromatic carbocycles. The van der Waals surface area contributed by atoms with Crippen LogP contribution < -0.4 is 15.3 Å². The SMILES string of the molecule is C[Si]1(C)c2ccccc2-c2c(-c3cccc(N(c4ccccc4)c4cccc(-c5ccc(-c6ccccc6)cc5)c4)c3)cccc21. The van der Waals surface area contributed by atoms with Gasteiger partial charge >= 0.3 is 0 Å². The number of anilines is 3. The Labute approximate surface area is 273 Å². The summed E-state index contributed by atoms with van der Waals surface area (Å²) >= 11 is 0. The average molecular weight is 606 g/mol. The normalized spacial score (nSPS) is 12.7. The molecular weight excluding hydrogens is 571 g/mol. The average Bonchev–Trinajstić information content (AvgIpc) is 3.36. The predicted octanol–water partition coefficient (Wildman–Crippen LogP) is 11.0. The van der Waals surface area contributed by atoms with Gasteiger partial charge in [0, 0.05) is 17.1 Å². The second kappa shape index (κ2) is 11.5. The van der Waals surface area contributed by atoms with E-state index < -0.39 is 8.07 Å². The fraction of sp³-hybridized carbons (Fsp3) is 0.0455. The van der Waals surface area contributed by atoms with Crippen LogP contribution >= 0.6 is 0 Å². The van der Waals surface area contributed by atoms with Crippen LogP contribution in [0.15, 0.2) is 176 Å². The molecule has 0 aromatic heterocycles. The second-order valence-electron chi connectivity index (χ2n) is 12.6. The van der Waals surface area contributed by atoms with E-state index in [9.17, 15) is 0 Å². The number of para-hydroxylation sites is 1. The molecule has 1 aliphatic heterocycles. The molecule has 0 saturated heterocycles. The van der Waals surface area contributed by atoms with Gasteiger partial charge in [0.1, 0.15) is 8.07 Å². The first-order chi connectivity index (χ1) is 22.6. The summed E-state index contributed by atoms with van der Waals surface area (Å²) < 4.78 is 0. The molecule has 0 bridgehead atoms. The van der Waals surface area contributed by atoms with E-state index in [2.05, 4.69) is 194 Å². The lowest BCUT2D eigenvalue weighted by molar-refractivity contribution is 1.28. The Morgan fingerprint density at radius 1 is 0.348 bits per heavy atom. The fourth-order valence-corrected chi connectivity index (χ4v) is 10.2. The Hall–Kier alpha value is -5.44. The quantitative estimate of drug-likeness (QED) is 0.170. The third kappa shape index (κ3) is 4.88. The van der Waals surface area contributed by atoms with Crippen molar-refractivity contribution < 1.29 is 0 Å². The van der Waals surface area contributed by atoms with E-state index in [-0.39, 0.29) is 0 Å². The molecule has 8 rings (SSSR count). The Kier molecular flexibility index (Phi) is 7.01. The van der Waals surface area contributed by atoms with Gasteiger partial charge < -0.3 is 4.90 Å². The van der Waals surface area contributed by atoms with Gasteiger partial charge in [-0.25, -0.2) is 0 Å². The van der Waals surface area contributed by atoms with Gasteiger partial charge in [0.2, 0.25) is 0 Å². The topological polar surface area (TPSA) is 3.24 Å². The van der Waals surface area contributed by atoms with Crippen LogP contribution in [0.1, 0.15) is 0 Å². The highest BCUT2D eigenvalue weighted by atomic mass is 28.3. The predicted molar refractivity (Wildman–Crippen MR) is 200 cm³/mol. The lowest BCUT2D eigenvalue weighted by Crippen LogP contribution is -2.49. The molecule has 2 heteroatoms. The van der Waals surface area contributed by atoms with Gasteiger partial charge in [-0.05, 0) is 91.3 Å². The Bertz CT molecular complexity index is 2170. The van der Waals surface area contributed by atoms with E-state index in [1.165, 1.54) is 54.9 Å². The highest BCUT2D eigenvalue weighted by Crippen LogP contribution is 2.41. The van der Waals surface area contributed by atoms with E-state index in [4.69, 9.17) is 0 Å². The maximum atomic E-state index is 2.48. The first-order valence-corrected chi connectivity index (χ1v) is 19.0. The molecule has 0 atom stereocenters. The molecule has 1 heterocycles. The third-order valence-corrected chi connectivity index (χ3v) is 13.0. The summed E-state index contributed by atoms with van der Waals surface area (Å²) in [6.45, 7) is 4.97. The minimum absolute atomic E-state index is 1.13. The highest BCUT2D eigenvalue weighted by molar-refractivity contribution is 7.04. The van der Waals surface area contributed by atoms with Gasteiger partial charge in [-0.1, -0.05) is 153 Å². The summed E-state index contributed by atoms with van der Waals surface area (Å²) in [5, 5.41) is 3.07. The summed E-state index contributed by atoms with van der Waals surface area (Å²) in [5.41, 5.74) is 13.6. The number of fused-ring (bicyclic) bond motifs is 3. The molecule has 0 amide bonds. The van der Waals surface area contributed by atoms with Crippen molar-refractivity contribution in [3.63, 3.8) is 0 Å². The first kappa shape index (κ1) is 28.1.